The van der Waals surface area contributed by atoms with Crippen LogP contribution in [-0.4, -0.2) is 32.9 Å². The zero-order valence-corrected chi connectivity index (χ0v) is 15.7. The van der Waals surface area contributed by atoms with Crippen LogP contribution in [0.2, 0.25) is 10.0 Å². The first kappa shape index (κ1) is 18.4. The normalized spacial score (nSPS) is 16.2. The Balaban J connectivity index is 2.04. The molecule has 132 valence electrons. The van der Waals surface area contributed by atoms with Crippen molar-refractivity contribution in [2.24, 2.45) is 0 Å². The minimum absolute atomic E-state index is 0.0199. The van der Waals surface area contributed by atoms with Crippen molar-refractivity contribution in [3.8, 4) is 5.69 Å². The van der Waals surface area contributed by atoms with Crippen LogP contribution in [0.4, 0.5) is 0 Å². The van der Waals surface area contributed by atoms with E-state index in [1.807, 2.05) is 0 Å². The van der Waals surface area contributed by atoms with Gasteiger partial charge in [-0.05, 0) is 48.6 Å². The summed E-state index contributed by atoms with van der Waals surface area (Å²) in [6.45, 7) is 3.81. The number of carbonyl (C=O) groups excluding carboxylic acids is 2. The van der Waals surface area contributed by atoms with Crippen molar-refractivity contribution >= 4 is 58.4 Å². The Kier molecular flexibility index (Phi) is 5.27. The first-order chi connectivity index (χ1) is 12.4. The predicted molar refractivity (Wildman–Crippen MR) is 106 cm³/mol. The van der Waals surface area contributed by atoms with Gasteiger partial charge in [0.05, 0.1) is 0 Å². The van der Waals surface area contributed by atoms with Crippen LogP contribution in [0, 0.1) is 0 Å². The van der Waals surface area contributed by atoms with E-state index < -0.39 is 11.8 Å². The van der Waals surface area contributed by atoms with E-state index in [4.69, 9.17) is 35.4 Å². The number of carbonyl (C=O) groups is 2. The Hall–Kier alpha value is -2.41. The topological polar surface area (TPSA) is 54.3 Å². The molecule has 1 fully saturated rings. The molecule has 0 unspecified atom stereocenters. The lowest BCUT2D eigenvalue weighted by atomic mass is 10.1. The van der Waals surface area contributed by atoms with Gasteiger partial charge < -0.3 is 4.57 Å². The summed E-state index contributed by atoms with van der Waals surface area (Å²) >= 11 is 17.2. The van der Waals surface area contributed by atoms with E-state index in [1.165, 1.54) is 17.1 Å². The fourth-order valence-corrected chi connectivity index (χ4v) is 3.33. The SMILES string of the molecule is C=CCN1C(=O)C(=Cc2cccn2-c2cc(Cl)cc(Cl)c2)C(=O)NC1=S. The van der Waals surface area contributed by atoms with Gasteiger partial charge in [-0.25, -0.2) is 0 Å². The monoisotopic (exact) mass is 405 g/mol. The Morgan fingerprint density at radius 1 is 1.19 bits per heavy atom. The van der Waals surface area contributed by atoms with Crippen LogP contribution in [0.3, 0.4) is 0 Å². The molecule has 5 nitrogen and oxygen atoms in total. The van der Waals surface area contributed by atoms with Gasteiger partial charge in [0, 0.05) is 34.2 Å². The molecule has 1 saturated heterocycles. The molecule has 2 amide bonds. The second kappa shape index (κ2) is 7.45. The van der Waals surface area contributed by atoms with E-state index in [0.717, 1.165) is 0 Å². The number of rotatable bonds is 4. The third-order valence-electron chi connectivity index (χ3n) is 3.70. The third-order valence-corrected chi connectivity index (χ3v) is 4.45. The number of hydrogen-bond donors (Lipinski definition) is 1. The molecule has 0 bridgehead atoms. The maximum Gasteiger partial charge on any atom is 0.266 e. The molecule has 1 N–H and O–H groups in total. The lowest BCUT2D eigenvalue weighted by Gasteiger charge is -2.27. The number of nitrogens with zero attached hydrogens (tertiary/aromatic N) is 2. The van der Waals surface area contributed by atoms with Gasteiger partial charge in [0.2, 0.25) is 0 Å². The van der Waals surface area contributed by atoms with Crippen LogP contribution in [0.1, 0.15) is 5.69 Å². The van der Waals surface area contributed by atoms with Crippen molar-refractivity contribution in [3.05, 3.63) is 70.5 Å². The quantitative estimate of drug-likeness (QED) is 0.366. The molecule has 1 aromatic carbocycles. The lowest BCUT2D eigenvalue weighted by Crippen LogP contribution is -2.53. The minimum atomic E-state index is -0.544. The number of hydrogen-bond acceptors (Lipinski definition) is 3. The fourth-order valence-electron chi connectivity index (χ4n) is 2.56. The standard InChI is InChI=1S/C18H13Cl2N3O2S/c1-2-5-23-17(25)15(16(24)21-18(23)26)10-13-4-3-6-22(13)14-8-11(19)7-12(20)9-14/h2-4,6-10H,1,5H2,(H,21,24,26). The molecule has 8 heteroatoms. The van der Waals surface area contributed by atoms with Gasteiger partial charge in [-0.3, -0.25) is 19.8 Å². The van der Waals surface area contributed by atoms with E-state index >= 15 is 0 Å². The van der Waals surface area contributed by atoms with Crippen molar-refractivity contribution in [1.29, 1.82) is 0 Å². The van der Waals surface area contributed by atoms with Gasteiger partial charge in [0.25, 0.3) is 11.8 Å². The lowest BCUT2D eigenvalue weighted by molar-refractivity contribution is -0.128. The van der Waals surface area contributed by atoms with Crippen molar-refractivity contribution in [2.75, 3.05) is 6.54 Å². The first-order valence-electron chi connectivity index (χ1n) is 7.54. The summed E-state index contributed by atoms with van der Waals surface area (Å²) in [7, 11) is 0. The molecule has 0 radical (unpaired) electrons. The molecule has 2 aromatic rings. The summed E-state index contributed by atoms with van der Waals surface area (Å²) in [6, 6.07) is 8.65. The molecule has 1 aliphatic heterocycles. The molecule has 0 saturated carbocycles. The highest BCUT2D eigenvalue weighted by atomic mass is 35.5. The average Bonchev–Trinajstić information content (AvgIpc) is 3.03. The maximum absolute atomic E-state index is 12.6. The molecular formula is C18H13Cl2N3O2S. The van der Waals surface area contributed by atoms with E-state index in [0.29, 0.717) is 21.4 Å². The summed E-state index contributed by atoms with van der Waals surface area (Å²) in [5.74, 6) is -1.02. The second-order valence-corrected chi connectivity index (χ2v) is 6.71. The molecule has 2 heterocycles. The molecule has 3 rings (SSSR count). The molecule has 0 spiro atoms. The number of aromatic nitrogens is 1. The van der Waals surface area contributed by atoms with Crippen molar-refractivity contribution < 1.29 is 9.59 Å². The Bertz CT molecular complexity index is 945. The summed E-state index contributed by atoms with van der Waals surface area (Å²) in [5, 5.41) is 3.54. The minimum Gasteiger partial charge on any atom is -0.317 e. The van der Waals surface area contributed by atoms with Crippen LogP contribution in [0.5, 0.6) is 0 Å². The molecule has 26 heavy (non-hydrogen) atoms. The van der Waals surface area contributed by atoms with Gasteiger partial charge in [0.1, 0.15) is 5.57 Å². The second-order valence-electron chi connectivity index (χ2n) is 5.45. The van der Waals surface area contributed by atoms with E-state index in [-0.39, 0.29) is 17.2 Å². The number of nitrogens with one attached hydrogen (secondary N) is 1. The van der Waals surface area contributed by atoms with Crippen LogP contribution >= 0.6 is 35.4 Å². The molecule has 0 atom stereocenters. The Morgan fingerprint density at radius 2 is 1.88 bits per heavy atom. The average molecular weight is 406 g/mol. The van der Waals surface area contributed by atoms with Crippen molar-refractivity contribution in [2.45, 2.75) is 0 Å². The Labute approximate surface area is 165 Å². The summed E-state index contributed by atoms with van der Waals surface area (Å²) in [6.07, 6.45) is 4.83. The van der Waals surface area contributed by atoms with Crippen molar-refractivity contribution in [3.63, 3.8) is 0 Å². The molecule has 0 aliphatic carbocycles. The number of halogens is 2. The van der Waals surface area contributed by atoms with Crippen LogP contribution in [0.15, 0.2) is 54.8 Å². The first-order valence-corrected chi connectivity index (χ1v) is 8.70. The number of thiocarbonyl (C=S) groups is 1. The van der Waals surface area contributed by atoms with Gasteiger partial charge in [-0.1, -0.05) is 29.3 Å². The maximum atomic E-state index is 12.6. The largest absolute Gasteiger partial charge is 0.317 e. The number of benzene rings is 1. The molecule has 1 aliphatic rings. The van der Waals surface area contributed by atoms with Crippen LogP contribution in [0.25, 0.3) is 11.8 Å². The van der Waals surface area contributed by atoms with Crippen LogP contribution < -0.4 is 5.32 Å². The van der Waals surface area contributed by atoms with E-state index in [1.54, 1.807) is 41.1 Å². The Morgan fingerprint density at radius 3 is 2.54 bits per heavy atom. The number of amides is 2. The van der Waals surface area contributed by atoms with E-state index in [2.05, 4.69) is 11.9 Å². The van der Waals surface area contributed by atoms with Crippen molar-refractivity contribution in [1.82, 2.24) is 14.8 Å². The summed E-state index contributed by atoms with van der Waals surface area (Å²) < 4.78 is 1.77. The zero-order valence-electron chi connectivity index (χ0n) is 13.4. The molecular weight excluding hydrogens is 393 g/mol. The summed E-state index contributed by atoms with van der Waals surface area (Å²) in [4.78, 5) is 26.2. The molecule has 1 aromatic heterocycles. The predicted octanol–water partition coefficient (Wildman–Crippen LogP) is 3.60. The van der Waals surface area contributed by atoms with Gasteiger partial charge in [0.15, 0.2) is 5.11 Å². The highest BCUT2D eigenvalue weighted by Gasteiger charge is 2.32. The van der Waals surface area contributed by atoms with Crippen LogP contribution in [-0.2, 0) is 9.59 Å². The van der Waals surface area contributed by atoms with Gasteiger partial charge >= 0.3 is 0 Å². The zero-order chi connectivity index (χ0) is 18.8. The van der Waals surface area contributed by atoms with E-state index in [9.17, 15) is 9.59 Å². The highest BCUT2D eigenvalue weighted by molar-refractivity contribution is 7.80. The van der Waals surface area contributed by atoms with Gasteiger partial charge in [-0.15, -0.1) is 6.58 Å². The van der Waals surface area contributed by atoms with Gasteiger partial charge in [-0.2, -0.15) is 0 Å². The highest BCUT2D eigenvalue weighted by Crippen LogP contribution is 2.24. The fraction of sp³-hybridized carbons (Fsp3) is 0.0556. The smallest absolute Gasteiger partial charge is 0.266 e. The summed E-state index contributed by atoms with van der Waals surface area (Å²) in [5.41, 5.74) is 1.31. The third kappa shape index (κ3) is 3.58.